The monoisotopic (exact) mass is 235 g/mol. The Kier molecular flexibility index (Phi) is 10.3. The molecule has 2 nitrogen and oxygen atoms in total. The Hall–Kier alpha value is -1.31. The molecule has 0 rings (SSSR count). The lowest BCUT2D eigenvalue weighted by Gasteiger charge is -2.18. The van der Waals surface area contributed by atoms with E-state index in [0.29, 0.717) is 19.5 Å². The first-order valence-electron chi connectivity index (χ1n) is 6.44. The van der Waals surface area contributed by atoms with Crippen LogP contribution >= 0.6 is 0 Å². The third kappa shape index (κ3) is 8.49. The Bertz CT molecular complexity index is 266. The third-order valence-electron chi connectivity index (χ3n) is 2.40. The van der Waals surface area contributed by atoms with E-state index in [2.05, 4.69) is 37.8 Å². The lowest BCUT2D eigenvalue weighted by Crippen LogP contribution is -2.30. The Morgan fingerprint density at radius 3 is 2.24 bits per heavy atom. The molecule has 0 aromatic heterocycles. The Morgan fingerprint density at radius 2 is 1.71 bits per heavy atom. The van der Waals surface area contributed by atoms with Crippen molar-refractivity contribution in [1.82, 2.24) is 4.90 Å². The predicted molar refractivity (Wildman–Crippen MR) is 74.9 cm³/mol. The standard InChI is InChI=1S/C15H25NO/c1-4-7-8-9-10-11-12-14-16(13-5-2)15(17)6-3/h5,7-8,11-12H,2,4,6,9-10,13-14H2,1,3H3. The van der Waals surface area contributed by atoms with Crippen LogP contribution < -0.4 is 0 Å². The van der Waals surface area contributed by atoms with Crippen LogP contribution in [0, 0.1) is 0 Å². The van der Waals surface area contributed by atoms with Crippen molar-refractivity contribution >= 4 is 5.91 Å². The van der Waals surface area contributed by atoms with E-state index in [0.717, 1.165) is 19.3 Å². The molecule has 0 saturated heterocycles. The van der Waals surface area contributed by atoms with Gasteiger partial charge in [-0.2, -0.15) is 0 Å². The van der Waals surface area contributed by atoms with Gasteiger partial charge in [0.2, 0.25) is 5.91 Å². The lowest BCUT2D eigenvalue weighted by molar-refractivity contribution is -0.129. The highest BCUT2D eigenvalue weighted by atomic mass is 16.2. The number of unbranched alkanes of at least 4 members (excludes halogenated alkanes) is 1. The molecule has 0 radical (unpaired) electrons. The fraction of sp³-hybridized carbons (Fsp3) is 0.533. The highest BCUT2D eigenvalue weighted by molar-refractivity contribution is 5.76. The van der Waals surface area contributed by atoms with E-state index >= 15 is 0 Å². The van der Waals surface area contributed by atoms with Crippen LogP contribution in [0.25, 0.3) is 0 Å². The van der Waals surface area contributed by atoms with Gasteiger partial charge < -0.3 is 4.90 Å². The third-order valence-corrected chi connectivity index (χ3v) is 2.40. The van der Waals surface area contributed by atoms with Gasteiger partial charge in [0.15, 0.2) is 0 Å². The summed E-state index contributed by atoms with van der Waals surface area (Å²) in [5.74, 6) is 0.181. The first kappa shape index (κ1) is 15.7. The summed E-state index contributed by atoms with van der Waals surface area (Å²) in [5.41, 5.74) is 0. The Morgan fingerprint density at radius 1 is 1.06 bits per heavy atom. The first-order chi connectivity index (χ1) is 8.26. The SMILES string of the molecule is C=CCN(CC=CCCC=CCC)C(=O)CC. The van der Waals surface area contributed by atoms with Crippen LogP contribution in [0.2, 0.25) is 0 Å². The molecular weight excluding hydrogens is 210 g/mol. The molecule has 0 saturated carbocycles. The number of amides is 1. The van der Waals surface area contributed by atoms with Gasteiger partial charge >= 0.3 is 0 Å². The first-order valence-corrected chi connectivity index (χ1v) is 6.44. The van der Waals surface area contributed by atoms with E-state index in [1.165, 1.54) is 0 Å². The van der Waals surface area contributed by atoms with Crippen LogP contribution in [0.1, 0.15) is 39.5 Å². The van der Waals surface area contributed by atoms with Crippen LogP contribution in [-0.4, -0.2) is 23.9 Å². The van der Waals surface area contributed by atoms with Crippen molar-refractivity contribution in [3.05, 3.63) is 37.0 Å². The molecule has 0 unspecified atom stereocenters. The molecule has 96 valence electrons. The fourth-order valence-electron chi connectivity index (χ4n) is 1.45. The maximum Gasteiger partial charge on any atom is 0.222 e. The summed E-state index contributed by atoms with van der Waals surface area (Å²) in [4.78, 5) is 13.4. The van der Waals surface area contributed by atoms with E-state index in [4.69, 9.17) is 0 Å². The van der Waals surface area contributed by atoms with Crippen molar-refractivity contribution in [2.45, 2.75) is 39.5 Å². The lowest BCUT2D eigenvalue weighted by atomic mass is 10.2. The molecule has 0 N–H and O–H groups in total. The van der Waals surface area contributed by atoms with Gasteiger partial charge in [0.25, 0.3) is 0 Å². The molecule has 17 heavy (non-hydrogen) atoms. The van der Waals surface area contributed by atoms with Crippen molar-refractivity contribution in [2.24, 2.45) is 0 Å². The maximum absolute atomic E-state index is 11.5. The van der Waals surface area contributed by atoms with Crippen molar-refractivity contribution in [3.63, 3.8) is 0 Å². The molecule has 0 bridgehead atoms. The zero-order valence-electron chi connectivity index (χ0n) is 11.2. The van der Waals surface area contributed by atoms with E-state index in [1.54, 1.807) is 6.08 Å². The van der Waals surface area contributed by atoms with Crippen molar-refractivity contribution in [2.75, 3.05) is 13.1 Å². The minimum absolute atomic E-state index is 0.181. The highest BCUT2D eigenvalue weighted by Crippen LogP contribution is 1.98. The van der Waals surface area contributed by atoms with Gasteiger partial charge in [0.1, 0.15) is 0 Å². The summed E-state index contributed by atoms with van der Waals surface area (Å²) in [6.45, 7) is 9.01. The summed E-state index contributed by atoms with van der Waals surface area (Å²) in [6.07, 6.45) is 14.1. The predicted octanol–water partition coefficient (Wildman–Crippen LogP) is 3.71. The maximum atomic E-state index is 11.5. The highest BCUT2D eigenvalue weighted by Gasteiger charge is 2.06. The van der Waals surface area contributed by atoms with Crippen molar-refractivity contribution in [3.8, 4) is 0 Å². The van der Waals surface area contributed by atoms with E-state index < -0.39 is 0 Å². The second kappa shape index (κ2) is 11.2. The number of rotatable bonds is 9. The van der Waals surface area contributed by atoms with Gasteiger partial charge in [-0.1, -0.05) is 44.2 Å². The minimum atomic E-state index is 0.181. The van der Waals surface area contributed by atoms with Crippen molar-refractivity contribution in [1.29, 1.82) is 0 Å². The number of carbonyl (C=O) groups is 1. The summed E-state index contributed by atoms with van der Waals surface area (Å²) in [5, 5.41) is 0. The quantitative estimate of drug-likeness (QED) is 0.440. The molecule has 0 heterocycles. The summed E-state index contributed by atoms with van der Waals surface area (Å²) < 4.78 is 0. The van der Waals surface area contributed by atoms with Gasteiger partial charge in [-0.3, -0.25) is 4.79 Å². The van der Waals surface area contributed by atoms with Crippen LogP contribution in [0.4, 0.5) is 0 Å². The molecule has 0 atom stereocenters. The topological polar surface area (TPSA) is 20.3 Å². The molecule has 2 heteroatoms. The molecule has 0 aromatic carbocycles. The fourth-order valence-corrected chi connectivity index (χ4v) is 1.45. The summed E-state index contributed by atoms with van der Waals surface area (Å²) >= 11 is 0. The summed E-state index contributed by atoms with van der Waals surface area (Å²) in [6, 6.07) is 0. The zero-order chi connectivity index (χ0) is 12.9. The number of allylic oxidation sites excluding steroid dienone is 3. The molecular formula is C15H25NO. The minimum Gasteiger partial charge on any atom is -0.335 e. The van der Waals surface area contributed by atoms with Crippen molar-refractivity contribution < 1.29 is 4.79 Å². The van der Waals surface area contributed by atoms with Gasteiger partial charge in [-0.05, 0) is 19.3 Å². The van der Waals surface area contributed by atoms with E-state index in [1.807, 2.05) is 11.8 Å². The smallest absolute Gasteiger partial charge is 0.222 e. The molecule has 0 aliphatic carbocycles. The average Bonchev–Trinajstić information content (AvgIpc) is 2.35. The van der Waals surface area contributed by atoms with E-state index in [9.17, 15) is 4.79 Å². The Balaban J connectivity index is 3.87. The molecule has 0 spiro atoms. The number of nitrogens with zero attached hydrogens (tertiary/aromatic N) is 1. The molecule has 0 aromatic rings. The van der Waals surface area contributed by atoms with Crippen LogP contribution in [-0.2, 0) is 4.79 Å². The van der Waals surface area contributed by atoms with Crippen LogP contribution in [0.3, 0.4) is 0 Å². The molecule has 0 aliphatic rings. The molecule has 1 amide bonds. The summed E-state index contributed by atoms with van der Waals surface area (Å²) in [7, 11) is 0. The number of hydrogen-bond donors (Lipinski definition) is 0. The second-order valence-electron chi connectivity index (χ2n) is 3.87. The van der Waals surface area contributed by atoms with E-state index in [-0.39, 0.29) is 5.91 Å². The number of hydrogen-bond acceptors (Lipinski definition) is 1. The zero-order valence-corrected chi connectivity index (χ0v) is 11.2. The normalized spacial score (nSPS) is 11.2. The van der Waals surface area contributed by atoms with Gasteiger partial charge in [-0.15, -0.1) is 6.58 Å². The van der Waals surface area contributed by atoms with Gasteiger partial charge in [0.05, 0.1) is 0 Å². The Labute approximate surface area is 106 Å². The second-order valence-corrected chi connectivity index (χ2v) is 3.87. The largest absolute Gasteiger partial charge is 0.335 e. The van der Waals surface area contributed by atoms with Crippen LogP contribution in [0.5, 0.6) is 0 Å². The molecule has 0 aliphatic heterocycles. The van der Waals surface area contributed by atoms with Crippen LogP contribution in [0.15, 0.2) is 37.0 Å². The number of carbonyl (C=O) groups excluding carboxylic acids is 1. The van der Waals surface area contributed by atoms with Gasteiger partial charge in [0, 0.05) is 19.5 Å². The van der Waals surface area contributed by atoms with Gasteiger partial charge in [-0.25, -0.2) is 0 Å². The average molecular weight is 235 g/mol. The molecule has 0 fully saturated rings.